The fourth-order valence-corrected chi connectivity index (χ4v) is 3.41. The van der Waals surface area contributed by atoms with E-state index >= 15 is 0 Å². The first-order chi connectivity index (χ1) is 8.98. The molecule has 2 fully saturated rings. The van der Waals surface area contributed by atoms with Crippen LogP contribution in [0.25, 0.3) is 0 Å². The molecule has 2 aliphatic rings. The largest absolute Gasteiger partial charge is 0.373 e. The number of benzene rings is 1. The van der Waals surface area contributed by atoms with Crippen molar-refractivity contribution in [2.45, 2.75) is 43.4 Å². The average molecular weight is 283 g/mol. The molecule has 2 saturated heterocycles. The Morgan fingerprint density at radius 3 is 2.84 bits per heavy atom. The van der Waals surface area contributed by atoms with Gasteiger partial charge in [-0.05, 0) is 31.2 Å². The van der Waals surface area contributed by atoms with Gasteiger partial charge in [0, 0.05) is 17.7 Å². The zero-order valence-electron chi connectivity index (χ0n) is 10.3. The molecule has 102 valence electrons. The Balaban J connectivity index is 1.82. The van der Waals surface area contributed by atoms with Crippen LogP contribution in [-0.2, 0) is 11.2 Å². The molecule has 2 heterocycles. The van der Waals surface area contributed by atoms with Crippen molar-refractivity contribution in [3.63, 3.8) is 0 Å². The monoisotopic (exact) mass is 282 g/mol. The summed E-state index contributed by atoms with van der Waals surface area (Å²) in [5, 5.41) is 11.1. The van der Waals surface area contributed by atoms with Gasteiger partial charge in [0.1, 0.15) is 0 Å². The standard InChI is InChI=1S/C13H15ClN2O3/c14-11-5-9(16(17)18)2-1-8(11)6-13(15)7-10-3-4-12(13)19-10/h1-2,5,10,12H,3-4,6-7,15H2. The number of nitro benzene ring substituents is 1. The molecule has 3 unspecified atom stereocenters. The number of hydrogen-bond donors (Lipinski definition) is 1. The Kier molecular flexibility index (Phi) is 3.00. The minimum absolute atomic E-state index is 0.00372. The molecule has 1 aromatic carbocycles. The SMILES string of the molecule is NC1(Cc2ccc([N+](=O)[O-])cc2Cl)CC2CCC1O2. The fraction of sp³-hybridized carbons (Fsp3) is 0.538. The van der Waals surface area contributed by atoms with E-state index in [9.17, 15) is 10.1 Å². The Morgan fingerprint density at radius 1 is 1.53 bits per heavy atom. The van der Waals surface area contributed by atoms with E-state index in [-0.39, 0.29) is 23.4 Å². The molecule has 3 rings (SSSR count). The van der Waals surface area contributed by atoms with Gasteiger partial charge in [-0.25, -0.2) is 0 Å². The second-order valence-electron chi connectivity index (χ2n) is 5.47. The number of hydrogen-bond acceptors (Lipinski definition) is 4. The van der Waals surface area contributed by atoms with E-state index in [4.69, 9.17) is 22.1 Å². The number of nitrogens with zero attached hydrogens (tertiary/aromatic N) is 1. The third-order valence-electron chi connectivity index (χ3n) is 4.12. The lowest BCUT2D eigenvalue weighted by Crippen LogP contribution is -2.50. The van der Waals surface area contributed by atoms with Crippen LogP contribution in [0.2, 0.25) is 5.02 Å². The minimum Gasteiger partial charge on any atom is -0.373 e. The van der Waals surface area contributed by atoms with Gasteiger partial charge < -0.3 is 10.5 Å². The highest BCUT2D eigenvalue weighted by molar-refractivity contribution is 6.31. The molecule has 0 aliphatic carbocycles. The van der Waals surface area contributed by atoms with Gasteiger partial charge in [0.2, 0.25) is 0 Å². The maximum Gasteiger partial charge on any atom is 0.270 e. The molecule has 0 spiro atoms. The highest BCUT2D eigenvalue weighted by Gasteiger charge is 2.49. The van der Waals surface area contributed by atoms with Crippen molar-refractivity contribution in [2.75, 3.05) is 0 Å². The zero-order valence-corrected chi connectivity index (χ0v) is 11.1. The van der Waals surface area contributed by atoms with Crippen molar-refractivity contribution < 1.29 is 9.66 Å². The molecule has 0 saturated carbocycles. The van der Waals surface area contributed by atoms with Gasteiger partial charge >= 0.3 is 0 Å². The first-order valence-electron chi connectivity index (χ1n) is 6.35. The summed E-state index contributed by atoms with van der Waals surface area (Å²) in [5.74, 6) is 0. The Morgan fingerprint density at radius 2 is 2.32 bits per heavy atom. The number of ether oxygens (including phenoxy) is 1. The maximum absolute atomic E-state index is 10.7. The number of nitro groups is 1. The summed E-state index contributed by atoms with van der Waals surface area (Å²) in [6, 6.07) is 4.55. The van der Waals surface area contributed by atoms with E-state index < -0.39 is 4.92 Å². The fourth-order valence-electron chi connectivity index (χ4n) is 3.17. The second-order valence-corrected chi connectivity index (χ2v) is 5.88. The van der Waals surface area contributed by atoms with Crippen molar-refractivity contribution >= 4 is 17.3 Å². The van der Waals surface area contributed by atoms with E-state index in [0.29, 0.717) is 11.4 Å². The minimum atomic E-state index is -0.450. The van der Waals surface area contributed by atoms with Crippen LogP contribution < -0.4 is 5.73 Å². The first-order valence-corrected chi connectivity index (χ1v) is 6.73. The first kappa shape index (κ1) is 12.8. The van der Waals surface area contributed by atoms with E-state index in [1.165, 1.54) is 12.1 Å². The molecule has 2 bridgehead atoms. The number of rotatable bonds is 3. The van der Waals surface area contributed by atoms with Crippen LogP contribution >= 0.6 is 11.6 Å². The molecule has 2 N–H and O–H groups in total. The summed E-state index contributed by atoms with van der Waals surface area (Å²) < 4.78 is 5.79. The van der Waals surface area contributed by atoms with Crippen molar-refractivity contribution in [1.82, 2.24) is 0 Å². The number of non-ortho nitro benzene ring substituents is 1. The molecule has 5 nitrogen and oxygen atoms in total. The van der Waals surface area contributed by atoms with Gasteiger partial charge in [-0.1, -0.05) is 17.7 Å². The van der Waals surface area contributed by atoms with Gasteiger partial charge in [0.05, 0.1) is 22.2 Å². The number of halogens is 1. The summed E-state index contributed by atoms with van der Waals surface area (Å²) >= 11 is 6.12. The zero-order chi connectivity index (χ0) is 13.6. The maximum atomic E-state index is 10.7. The molecule has 3 atom stereocenters. The molecule has 0 radical (unpaired) electrons. The van der Waals surface area contributed by atoms with E-state index in [1.54, 1.807) is 6.07 Å². The average Bonchev–Trinajstić information content (AvgIpc) is 2.91. The van der Waals surface area contributed by atoms with Gasteiger partial charge in [-0.2, -0.15) is 0 Å². The normalized spacial score (nSPS) is 32.7. The van der Waals surface area contributed by atoms with Crippen molar-refractivity contribution in [3.8, 4) is 0 Å². The molecule has 6 heteroatoms. The molecule has 0 aromatic heterocycles. The lowest BCUT2D eigenvalue weighted by molar-refractivity contribution is -0.384. The van der Waals surface area contributed by atoms with E-state index in [1.807, 2.05) is 0 Å². The van der Waals surface area contributed by atoms with E-state index in [2.05, 4.69) is 0 Å². The van der Waals surface area contributed by atoms with Crippen molar-refractivity contribution in [3.05, 3.63) is 38.9 Å². The summed E-state index contributed by atoms with van der Waals surface area (Å²) in [6.07, 6.45) is 3.87. The Labute approximate surface area is 115 Å². The topological polar surface area (TPSA) is 78.4 Å². The summed E-state index contributed by atoms with van der Waals surface area (Å²) in [7, 11) is 0. The van der Waals surface area contributed by atoms with Crippen LogP contribution in [0.4, 0.5) is 5.69 Å². The van der Waals surface area contributed by atoms with Crippen LogP contribution in [0.5, 0.6) is 0 Å². The highest BCUT2D eigenvalue weighted by Crippen LogP contribution is 2.42. The third kappa shape index (κ3) is 2.22. The van der Waals surface area contributed by atoms with Gasteiger partial charge in [0.15, 0.2) is 0 Å². The lowest BCUT2D eigenvalue weighted by atomic mass is 9.78. The van der Waals surface area contributed by atoms with Crippen LogP contribution in [0.3, 0.4) is 0 Å². The lowest BCUT2D eigenvalue weighted by Gasteiger charge is -2.31. The smallest absolute Gasteiger partial charge is 0.270 e. The van der Waals surface area contributed by atoms with Gasteiger partial charge in [-0.3, -0.25) is 10.1 Å². The van der Waals surface area contributed by atoms with Crippen LogP contribution in [0.1, 0.15) is 24.8 Å². The Hall–Kier alpha value is -1.17. The van der Waals surface area contributed by atoms with Crippen molar-refractivity contribution in [1.29, 1.82) is 0 Å². The quantitative estimate of drug-likeness (QED) is 0.682. The van der Waals surface area contributed by atoms with Crippen molar-refractivity contribution in [2.24, 2.45) is 5.73 Å². The molecule has 2 aliphatic heterocycles. The molecular formula is C13H15ClN2O3. The molecular weight excluding hydrogens is 268 g/mol. The molecule has 0 amide bonds. The predicted octanol–water partition coefficient (Wildman–Crippen LogP) is 2.44. The molecule has 19 heavy (non-hydrogen) atoms. The van der Waals surface area contributed by atoms with Crippen LogP contribution in [-0.4, -0.2) is 22.7 Å². The number of nitrogens with two attached hydrogens (primary N) is 1. The second kappa shape index (κ2) is 4.44. The highest BCUT2D eigenvalue weighted by atomic mass is 35.5. The van der Waals surface area contributed by atoms with Crippen LogP contribution in [0, 0.1) is 10.1 Å². The van der Waals surface area contributed by atoms with Gasteiger partial charge in [0.25, 0.3) is 5.69 Å². The van der Waals surface area contributed by atoms with Gasteiger partial charge in [-0.15, -0.1) is 0 Å². The Bertz CT molecular complexity index is 537. The summed E-state index contributed by atoms with van der Waals surface area (Å²) in [4.78, 5) is 10.2. The summed E-state index contributed by atoms with van der Waals surface area (Å²) in [5.41, 5.74) is 6.90. The summed E-state index contributed by atoms with van der Waals surface area (Å²) in [6.45, 7) is 0. The van der Waals surface area contributed by atoms with Crippen LogP contribution in [0.15, 0.2) is 18.2 Å². The molecule has 1 aromatic rings. The number of fused-ring (bicyclic) bond motifs is 2. The third-order valence-corrected chi connectivity index (χ3v) is 4.48. The van der Waals surface area contributed by atoms with E-state index in [0.717, 1.165) is 24.8 Å². The predicted molar refractivity (Wildman–Crippen MR) is 71.2 cm³/mol.